The first kappa shape index (κ1) is 23.8. The molecule has 2 heterocycles. The van der Waals surface area contributed by atoms with Crippen LogP contribution in [0.1, 0.15) is 22.3 Å². The third-order valence-electron chi connectivity index (χ3n) is 4.05. The van der Waals surface area contributed by atoms with E-state index >= 15 is 0 Å². The Hall–Kier alpha value is -2.19. The van der Waals surface area contributed by atoms with Gasteiger partial charge in [-0.05, 0) is 29.8 Å². The standard InChI is InChI=1S/C19H22N4O3.2ClH/c24-18(11-17-13-26-9-8-21-17)22-12-14-2-1-3-16(10-14)23-19(25)15-4-6-20-7-5-15;;/h1-7,10,17,21H,8-9,11-13H2,(H,22,24)(H,23,25);2*1H. The molecule has 3 N–H and O–H groups in total. The van der Waals surface area contributed by atoms with Crippen molar-refractivity contribution in [2.45, 2.75) is 19.0 Å². The highest BCUT2D eigenvalue weighted by Crippen LogP contribution is 2.12. The summed E-state index contributed by atoms with van der Waals surface area (Å²) in [4.78, 5) is 28.1. The number of pyridine rings is 1. The predicted octanol–water partition coefficient (Wildman–Crippen LogP) is 2.17. The second kappa shape index (κ2) is 12.3. The molecule has 1 unspecified atom stereocenters. The number of carbonyl (C=O) groups is 2. The number of benzene rings is 1. The number of anilines is 1. The van der Waals surface area contributed by atoms with Gasteiger partial charge < -0.3 is 20.7 Å². The first-order chi connectivity index (χ1) is 12.7. The number of ether oxygens (including phenoxy) is 1. The predicted molar refractivity (Wildman–Crippen MR) is 112 cm³/mol. The summed E-state index contributed by atoms with van der Waals surface area (Å²) in [5.74, 6) is -0.226. The number of halogens is 2. The van der Waals surface area contributed by atoms with Gasteiger partial charge in [0, 0.05) is 49.2 Å². The minimum absolute atomic E-state index is 0. The van der Waals surface area contributed by atoms with Gasteiger partial charge >= 0.3 is 0 Å². The largest absolute Gasteiger partial charge is 0.378 e. The number of nitrogens with zero attached hydrogens (tertiary/aromatic N) is 1. The third-order valence-corrected chi connectivity index (χ3v) is 4.05. The minimum Gasteiger partial charge on any atom is -0.378 e. The van der Waals surface area contributed by atoms with Crippen molar-refractivity contribution in [1.29, 1.82) is 0 Å². The van der Waals surface area contributed by atoms with Crippen LogP contribution in [0, 0.1) is 0 Å². The first-order valence-electron chi connectivity index (χ1n) is 8.59. The highest BCUT2D eigenvalue weighted by Gasteiger charge is 2.16. The number of hydrogen-bond donors (Lipinski definition) is 3. The molecule has 0 saturated carbocycles. The van der Waals surface area contributed by atoms with Crippen LogP contribution < -0.4 is 16.0 Å². The normalized spacial score (nSPS) is 15.5. The molecule has 1 fully saturated rings. The fourth-order valence-corrected chi connectivity index (χ4v) is 2.71. The van der Waals surface area contributed by atoms with Crippen molar-refractivity contribution in [2.24, 2.45) is 0 Å². The van der Waals surface area contributed by atoms with E-state index < -0.39 is 0 Å². The molecule has 0 bridgehead atoms. The van der Waals surface area contributed by atoms with Gasteiger partial charge in [-0.25, -0.2) is 0 Å². The SMILES string of the molecule is Cl.Cl.O=C(CC1COCCN1)NCc1cccc(NC(=O)c2ccncc2)c1. The smallest absolute Gasteiger partial charge is 0.255 e. The molecule has 1 aromatic carbocycles. The Morgan fingerprint density at radius 2 is 1.96 bits per heavy atom. The Balaban J connectivity index is 0.00000196. The maximum Gasteiger partial charge on any atom is 0.255 e. The van der Waals surface area contributed by atoms with Crippen molar-refractivity contribution in [1.82, 2.24) is 15.6 Å². The summed E-state index contributed by atoms with van der Waals surface area (Å²) in [6.07, 6.45) is 3.54. The molecule has 3 rings (SSSR count). The van der Waals surface area contributed by atoms with Gasteiger partial charge in [0.15, 0.2) is 0 Å². The molecule has 2 amide bonds. The Morgan fingerprint density at radius 3 is 2.68 bits per heavy atom. The molecule has 9 heteroatoms. The highest BCUT2D eigenvalue weighted by molar-refractivity contribution is 6.04. The molecule has 7 nitrogen and oxygen atoms in total. The van der Waals surface area contributed by atoms with E-state index in [0.29, 0.717) is 37.4 Å². The van der Waals surface area contributed by atoms with Crippen LogP contribution in [-0.4, -0.2) is 42.6 Å². The zero-order chi connectivity index (χ0) is 18.2. The lowest BCUT2D eigenvalue weighted by Gasteiger charge is -2.23. The van der Waals surface area contributed by atoms with Crippen molar-refractivity contribution in [2.75, 3.05) is 25.1 Å². The van der Waals surface area contributed by atoms with Crippen molar-refractivity contribution in [3.05, 3.63) is 59.9 Å². The molecule has 1 aromatic heterocycles. The molecule has 28 heavy (non-hydrogen) atoms. The van der Waals surface area contributed by atoms with Gasteiger partial charge in [0.1, 0.15) is 0 Å². The molecule has 1 aliphatic rings. The Kier molecular flexibility index (Phi) is 10.5. The van der Waals surface area contributed by atoms with Gasteiger partial charge in [0.2, 0.25) is 5.91 Å². The molecular formula is C19H24Cl2N4O3. The van der Waals surface area contributed by atoms with Gasteiger partial charge in [0.05, 0.1) is 13.2 Å². The number of aromatic nitrogens is 1. The van der Waals surface area contributed by atoms with E-state index in [1.807, 2.05) is 24.3 Å². The highest BCUT2D eigenvalue weighted by atomic mass is 35.5. The van der Waals surface area contributed by atoms with E-state index in [1.54, 1.807) is 24.5 Å². The molecule has 1 atom stereocenters. The maximum atomic E-state index is 12.2. The summed E-state index contributed by atoms with van der Waals surface area (Å²) in [5.41, 5.74) is 2.14. The van der Waals surface area contributed by atoms with E-state index in [0.717, 1.165) is 12.1 Å². The van der Waals surface area contributed by atoms with Crippen LogP contribution in [0.3, 0.4) is 0 Å². The van der Waals surface area contributed by atoms with Crippen LogP contribution in [-0.2, 0) is 16.1 Å². The second-order valence-corrected chi connectivity index (χ2v) is 6.10. The lowest BCUT2D eigenvalue weighted by molar-refractivity contribution is -0.122. The van der Waals surface area contributed by atoms with Crippen LogP contribution >= 0.6 is 24.8 Å². The molecule has 0 radical (unpaired) electrons. The van der Waals surface area contributed by atoms with E-state index in [-0.39, 0.29) is 42.7 Å². The zero-order valence-electron chi connectivity index (χ0n) is 15.2. The van der Waals surface area contributed by atoms with E-state index in [1.165, 1.54) is 0 Å². The summed E-state index contributed by atoms with van der Waals surface area (Å²) in [5, 5.41) is 9.01. The minimum atomic E-state index is -0.197. The number of rotatable bonds is 6. The summed E-state index contributed by atoms with van der Waals surface area (Å²) in [7, 11) is 0. The van der Waals surface area contributed by atoms with Crippen molar-refractivity contribution in [3.63, 3.8) is 0 Å². The molecule has 2 aromatic rings. The van der Waals surface area contributed by atoms with Crippen molar-refractivity contribution >= 4 is 42.3 Å². The lowest BCUT2D eigenvalue weighted by atomic mass is 10.1. The van der Waals surface area contributed by atoms with Crippen LogP contribution in [0.25, 0.3) is 0 Å². The van der Waals surface area contributed by atoms with Crippen LogP contribution in [0.4, 0.5) is 5.69 Å². The maximum absolute atomic E-state index is 12.2. The number of carbonyl (C=O) groups excluding carboxylic acids is 2. The van der Waals surface area contributed by atoms with Gasteiger partial charge in [-0.1, -0.05) is 12.1 Å². The topological polar surface area (TPSA) is 92.4 Å². The average Bonchev–Trinajstić information content (AvgIpc) is 2.68. The number of hydrogen-bond acceptors (Lipinski definition) is 5. The van der Waals surface area contributed by atoms with Crippen molar-refractivity contribution < 1.29 is 14.3 Å². The molecular weight excluding hydrogens is 403 g/mol. The monoisotopic (exact) mass is 426 g/mol. The number of nitrogens with one attached hydrogen (secondary N) is 3. The van der Waals surface area contributed by atoms with Gasteiger partial charge in [-0.3, -0.25) is 14.6 Å². The fourth-order valence-electron chi connectivity index (χ4n) is 2.71. The Labute approximate surface area is 176 Å². The van der Waals surface area contributed by atoms with Crippen LogP contribution in [0.5, 0.6) is 0 Å². The molecule has 152 valence electrons. The molecule has 1 aliphatic heterocycles. The first-order valence-corrected chi connectivity index (χ1v) is 8.59. The molecule has 1 saturated heterocycles. The second-order valence-electron chi connectivity index (χ2n) is 6.10. The zero-order valence-corrected chi connectivity index (χ0v) is 16.9. The number of amides is 2. The quantitative estimate of drug-likeness (QED) is 0.657. The van der Waals surface area contributed by atoms with Crippen molar-refractivity contribution in [3.8, 4) is 0 Å². The Bertz CT molecular complexity index is 756. The van der Waals surface area contributed by atoms with E-state index in [2.05, 4.69) is 20.9 Å². The summed E-state index contributed by atoms with van der Waals surface area (Å²) >= 11 is 0. The lowest BCUT2D eigenvalue weighted by Crippen LogP contribution is -2.44. The van der Waals surface area contributed by atoms with Gasteiger partial charge in [-0.15, -0.1) is 24.8 Å². The summed E-state index contributed by atoms with van der Waals surface area (Å²) < 4.78 is 5.35. The van der Waals surface area contributed by atoms with Gasteiger partial charge in [0.25, 0.3) is 5.91 Å². The Morgan fingerprint density at radius 1 is 1.18 bits per heavy atom. The summed E-state index contributed by atoms with van der Waals surface area (Å²) in [6.45, 7) is 2.43. The van der Waals surface area contributed by atoms with Crippen LogP contribution in [0.15, 0.2) is 48.8 Å². The van der Waals surface area contributed by atoms with Crippen LogP contribution in [0.2, 0.25) is 0 Å². The fraction of sp³-hybridized carbons (Fsp3) is 0.316. The summed E-state index contributed by atoms with van der Waals surface area (Å²) in [6, 6.07) is 10.8. The molecule has 0 aliphatic carbocycles. The third kappa shape index (κ3) is 7.44. The average molecular weight is 427 g/mol. The van der Waals surface area contributed by atoms with E-state index in [4.69, 9.17) is 4.74 Å². The van der Waals surface area contributed by atoms with E-state index in [9.17, 15) is 9.59 Å². The molecule has 0 spiro atoms. The van der Waals surface area contributed by atoms with Gasteiger partial charge in [-0.2, -0.15) is 0 Å². The number of morpholine rings is 1.